The molecule has 2 aromatic rings. The Labute approximate surface area is 175 Å². The molecule has 0 spiro atoms. The summed E-state index contributed by atoms with van der Waals surface area (Å²) in [6, 6.07) is 5.62. The van der Waals surface area contributed by atoms with Crippen LogP contribution >= 0.6 is 0 Å². The van der Waals surface area contributed by atoms with Crippen molar-refractivity contribution in [3.8, 4) is 0 Å². The standard InChI is InChI=1S/C19H25N5O5S/c1-2-5-16-20-18(29-23-16)11-10-17(25)21-22-19(26)14-6-8-15(9-7-14)30(27,28)24-12-3-4-13-24/h6-9H,2-5,10-13H2,1H3,(H,21,25)(H,22,26). The monoisotopic (exact) mass is 435 g/mol. The minimum absolute atomic E-state index is 0.0705. The van der Waals surface area contributed by atoms with E-state index >= 15 is 0 Å². The van der Waals surface area contributed by atoms with Crippen LogP contribution < -0.4 is 10.9 Å². The lowest BCUT2D eigenvalue weighted by molar-refractivity contribution is -0.121. The molecular formula is C19H25N5O5S. The van der Waals surface area contributed by atoms with Crippen LogP contribution in [0.2, 0.25) is 0 Å². The molecule has 0 bridgehead atoms. The van der Waals surface area contributed by atoms with Crippen molar-refractivity contribution < 1.29 is 22.5 Å². The van der Waals surface area contributed by atoms with Crippen LogP contribution in [0.4, 0.5) is 0 Å². The summed E-state index contributed by atoms with van der Waals surface area (Å²) < 4.78 is 31.5. The van der Waals surface area contributed by atoms with Gasteiger partial charge in [-0.05, 0) is 43.5 Å². The number of benzene rings is 1. The number of sulfonamides is 1. The summed E-state index contributed by atoms with van der Waals surface area (Å²) in [5.41, 5.74) is 4.86. The number of aromatic nitrogens is 2. The second kappa shape index (κ2) is 9.81. The second-order valence-corrected chi connectivity index (χ2v) is 8.93. The quantitative estimate of drug-likeness (QED) is 0.595. The Morgan fingerprint density at radius 1 is 1.10 bits per heavy atom. The summed E-state index contributed by atoms with van der Waals surface area (Å²) in [4.78, 5) is 28.4. The number of aryl methyl sites for hydroxylation is 2. The molecule has 0 unspecified atom stereocenters. The van der Waals surface area contributed by atoms with Crippen molar-refractivity contribution in [2.24, 2.45) is 0 Å². The molecule has 1 saturated heterocycles. The summed E-state index contributed by atoms with van der Waals surface area (Å²) in [6.45, 7) is 3.03. The van der Waals surface area contributed by atoms with Gasteiger partial charge in [-0.1, -0.05) is 12.1 Å². The van der Waals surface area contributed by atoms with E-state index in [1.807, 2.05) is 6.92 Å². The van der Waals surface area contributed by atoms with Gasteiger partial charge in [0.05, 0.1) is 4.90 Å². The average Bonchev–Trinajstić information content (AvgIpc) is 3.43. The van der Waals surface area contributed by atoms with E-state index in [4.69, 9.17) is 4.52 Å². The van der Waals surface area contributed by atoms with Gasteiger partial charge in [-0.2, -0.15) is 9.29 Å². The predicted octanol–water partition coefficient (Wildman–Crippen LogP) is 1.20. The maximum atomic E-state index is 12.5. The van der Waals surface area contributed by atoms with E-state index in [1.165, 1.54) is 28.6 Å². The third kappa shape index (κ3) is 5.42. The number of rotatable bonds is 8. The lowest BCUT2D eigenvalue weighted by Crippen LogP contribution is -2.41. The maximum absolute atomic E-state index is 12.5. The average molecular weight is 436 g/mol. The van der Waals surface area contributed by atoms with Crippen LogP contribution in [0, 0.1) is 0 Å². The zero-order valence-corrected chi connectivity index (χ0v) is 17.6. The molecule has 10 nitrogen and oxygen atoms in total. The Kier molecular flexibility index (Phi) is 7.16. The first kappa shape index (κ1) is 21.9. The van der Waals surface area contributed by atoms with Gasteiger partial charge in [-0.15, -0.1) is 0 Å². The highest BCUT2D eigenvalue weighted by atomic mass is 32.2. The van der Waals surface area contributed by atoms with Crippen LogP contribution in [0.25, 0.3) is 0 Å². The van der Waals surface area contributed by atoms with Crippen molar-refractivity contribution in [2.75, 3.05) is 13.1 Å². The fraction of sp³-hybridized carbons (Fsp3) is 0.474. The third-order valence-electron chi connectivity index (χ3n) is 4.68. The Bertz CT molecular complexity index is 981. The molecule has 30 heavy (non-hydrogen) atoms. The van der Waals surface area contributed by atoms with E-state index in [0.29, 0.717) is 31.2 Å². The molecule has 1 aromatic heterocycles. The Hall–Kier alpha value is -2.79. The van der Waals surface area contributed by atoms with Crippen LogP contribution in [0.5, 0.6) is 0 Å². The van der Waals surface area contributed by atoms with Crippen LogP contribution in [0.15, 0.2) is 33.7 Å². The topological polar surface area (TPSA) is 134 Å². The summed E-state index contributed by atoms with van der Waals surface area (Å²) >= 11 is 0. The van der Waals surface area contributed by atoms with Crippen molar-refractivity contribution >= 4 is 21.8 Å². The molecule has 1 aliphatic rings. The van der Waals surface area contributed by atoms with E-state index in [9.17, 15) is 18.0 Å². The molecule has 1 fully saturated rings. The largest absolute Gasteiger partial charge is 0.339 e. The predicted molar refractivity (Wildman–Crippen MR) is 107 cm³/mol. The van der Waals surface area contributed by atoms with Crippen LogP contribution in [-0.2, 0) is 27.7 Å². The van der Waals surface area contributed by atoms with E-state index in [1.54, 1.807) is 0 Å². The lowest BCUT2D eigenvalue weighted by Gasteiger charge is -2.15. The van der Waals surface area contributed by atoms with Gasteiger partial charge in [0.1, 0.15) is 0 Å². The highest BCUT2D eigenvalue weighted by molar-refractivity contribution is 7.89. The fourth-order valence-electron chi connectivity index (χ4n) is 3.05. The number of carbonyl (C=O) groups is 2. The van der Waals surface area contributed by atoms with Crippen LogP contribution in [0.3, 0.4) is 0 Å². The number of hydrazine groups is 1. The van der Waals surface area contributed by atoms with Crippen LogP contribution in [0.1, 0.15) is 54.7 Å². The molecule has 1 aromatic carbocycles. The van der Waals surface area contributed by atoms with Gasteiger partial charge in [0.2, 0.25) is 21.8 Å². The molecule has 11 heteroatoms. The highest BCUT2D eigenvalue weighted by Crippen LogP contribution is 2.21. The lowest BCUT2D eigenvalue weighted by atomic mass is 10.2. The van der Waals surface area contributed by atoms with Crippen molar-refractivity contribution in [3.05, 3.63) is 41.5 Å². The van der Waals surface area contributed by atoms with Crippen molar-refractivity contribution in [1.82, 2.24) is 25.3 Å². The number of amides is 2. The van der Waals surface area contributed by atoms with Crippen molar-refractivity contribution in [1.29, 1.82) is 0 Å². The second-order valence-electron chi connectivity index (χ2n) is 6.99. The number of hydrogen-bond donors (Lipinski definition) is 2. The number of carbonyl (C=O) groups excluding carboxylic acids is 2. The highest BCUT2D eigenvalue weighted by Gasteiger charge is 2.27. The molecule has 2 N–H and O–H groups in total. The molecule has 3 rings (SSSR count). The molecule has 0 saturated carbocycles. The summed E-state index contributed by atoms with van der Waals surface area (Å²) in [5.74, 6) is 0.0226. The van der Waals surface area contributed by atoms with Gasteiger partial charge in [0.15, 0.2) is 5.82 Å². The zero-order chi connectivity index (χ0) is 21.6. The molecule has 1 aliphatic heterocycles. The van der Waals surface area contributed by atoms with Crippen molar-refractivity contribution in [2.45, 2.75) is 50.3 Å². The van der Waals surface area contributed by atoms with E-state index in [-0.39, 0.29) is 23.3 Å². The fourth-order valence-corrected chi connectivity index (χ4v) is 4.57. The summed E-state index contributed by atoms with van der Waals surface area (Å²) in [6.07, 6.45) is 3.65. The maximum Gasteiger partial charge on any atom is 0.269 e. The first-order valence-electron chi connectivity index (χ1n) is 9.91. The Morgan fingerprint density at radius 2 is 1.80 bits per heavy atom. The smallest absolute Gasteiger partial charge is 0.269 e. The van der Waals surface area contributed by atoms with Crippen LogP contribution in [-0.4, -0.2) is 47.8 Å². The number of nitrogens with one attached hydrogen (secondary N) is 2. The number of hydrogen-bond acceptors (Lipinski definition) is 7. The SMILES string of the molecule is CCCc1noc(CCC(=O)NNC(=O)c2ccc(S(=O)(=O)N3CCCC3)cc2)n1. The minimum atomic E-state index is -3.53. The van der Waals surface area contributed by atoms with E-state index < -0.39 is 21.8 Å². The molecular weight excluding hydrogens is 410 g/mol. The normalized spacial score (nSPS) is 14.6. The van der Waals surface area contributed by atoms with Gasteiger partial charge in [-0.3, -0.25) is 20.4 Å². The van der Waals surface area contributed by atoms with E-state index in [2.05, 4.69) is 21.0 Å². The Balaban J connectivity index is 1.47. The van der Waals surface area contributed by atoms with Gasteiger partial charge < -0.3 is 4.52 Å². The van der Waals surface area contributed by atoms with Crippen molar-refractivity contribution in [3.63, 3.8) is 0 Å². The minimum Gasteiger partial charge on any atom is -0.339 e. The first-order chi connectivity index (χ1) is 14.4. The molecule has 0 aliphatic carbocycles. The molecule has 2 heterocycles. The van der Waals surface area contributed by atoms with Gasteiger partial charge in [0.25, 0.3) is 5.91 Å². The third-order valence-corrected chi connectivity index (χ3v) is 6.60. The molecule has 2 amide bonds. The Morgan fingerprint density at radius 3 is 2.47 bits per heavy atom. The zero-order valence-electron chi connectivity index (χ0n) is 16.8. The summed E-state index contributed by atoms with van der Waals surface area (Å²) in [7, 11) is -3.53. The summed E-state index contributed by atoms with van der Waals surface area (Å²) in [5, 5.41) is 3.81. The van der Waals surface area contributed by atoms with Gasteiger partial charge in [0, 0.05) is 37.9 Å². The molecule has 162 valence electrons. The number of nitrogens with zero attached hydrogens (tertiary/aromatic N) is 3. The first-order valence-corrected chi connectivity index (χ1v) is 11.3. The van der Waals surface area contributed by atoms with Gasteiger partial charge in [-0.25, -0.2) is 8.42 Å². The van der Waals surface area contributed by atoms with E-state index in [0.717, 1.165) is 19.3 Å². The molecule has 0 radical (unpaired) electrons. The molecule has 0 atom stereocenters. The van der Waals surface area contributed by atoms with Gasteiger partial charge >= 0.3 is 0 Å².